The number of nitrogens with zero attached hydrogens (tertiary/aromatic N) is 1. The predicted molar refractivity (Wildman–Crippen MR) is 68.0 cm³/mol. The molecular formula is C11H24N2OS. The smallest absolute Gasteiger partial charge is 0.240 e. The second kappa shape index (κ2) is 5.75. The van der Waals surface area contributed by atoms with Gasteiger partial charge in [-0.15, -0.1) is 0 Å². The van der Waals surface area contributed by atoms with E-state index in [1.54, 1.807) is 16.7 Å². The summed E-state index contributed by atoms with van der Waals surface area (Å²) < 4.78 is 0. The van der Waals surface area contributed by atoms with Gasteiger partial charge in [0.15, 0.2) is 0 Å². The van der Waals surface area contributed by atoms with Crippen molar-refractivity contribution in [3.8, 4) is 0 Å². The van der Waals surface area contributed by atoms with Crippen LogP contribution in [0.25, 0.3) is 0 Å². The van der Waals surface area contributed by atoms with E-state index >= 15 is 0 Å². The van der Waals surface area contributed by atoms with Gasteiger partial charge >= 0.3 is 0 Å². The molecular weight excluding hydrogens is 208 g/mol. The van der Waals surface area contributed by atoms with Gasteiger partial charge in [0.2, 0.25) is 5.91 Å². The molecule has 0 radical (unpaired) electrons. The van der Waals surface area contributed by atoms with E-state index in [1.807, 2.05) is 41.0 Å². The third-order valence-corrected chi connectivity index (χ3v) is 3.43. The quantitative estimate of drug-likeness (QED) is 0.800. The highest BCUT2D eigenvalue weighted by Crippen LogP contribution is 2.19. The molecule has 0 aliphatic carbocycles. The number of carbonyl (C=O) groups excluding carboxylic acids is 1. The van der Waals surface area contributed by atoms with Crippen molar-refractivity contribution in [1.29, 1.82) is 0 Å². The Morgan fingerprint density at radius 2 is 1.93 bits per heavy atom. The molecule has 15 heavy (non-hydrogen) atoms. The first-order chi connectivity index (χ1) is 6.71. The number of hydrogen-bond acceptors (Lipinski definition) is 3. The van der Waals surface area contributed by atoms with Gasteiger partial charge in [-0.25, -0.2) is 0 Å². The lowest BCUT2D eigenvalue weighted by molar-refractivity contribution is -0.135. The Morgan fingerprint density at radius 1 is 1.47 bits per heavy atom. The summed E-state index contributed by atoms with van der Waals surface area (Å²) in [4.78, 5) is 13.8. The van der Waals surface area contributed by atoms with Crippen LogP contribution >= 0.6 is 11.8 Å². The predicted octanol–water partition coefficient (Wildman–Crippen LogP) is 1.57. The summed E-state index contributed by atoms with van der Waals surface area (Å²) in [7, 11) is 1.83. The molecule has 0 saturated heterocycles. The Morgan fingerprint density at radius 3 is 2.27 bits per heavy atom. The summed E-state index contributed by atoms with van der Waals surface area (Å²) >= 11 is 1.74. The highest BCUT2D eigenvalue weighted by molar-refractivity contribution is 7.98. The summed E-state index contributed by atoms with van der Waals surface area (Å²) in [5, 5.41) is 0. The number of carbonyl (C=O) groups is 1. The van der Waals surface area contributed by atoms with Crippen molar-refractivity contribution >= 4 is 17.7 Å². The molecule has 3 nitrogen and oxygen atoms in total. The third kappa shape index (κ3) is 4.43. The molecule has 0 aromatic heterocycles. The minimum atomic E-state index is -0.424. The second-order valence-electron chi connectivity index (χ2n) is 5.10. The minimum absolute atomic E-state index is 0.0315. The standard InChI is InChI=1S/C11H24N2OS/c1-8(7-15-6)13(5)10(14)9(12)11(2,3)4/h8-9H,7,12H2,1-6H3/t8?,9-/m0/s1. The zero-order chi connectivity index (χ0) is 12.2. The van der Waals surface area contributed by atoms with Gasteiger partial charge in [-0.1, -0.05) is 20.8 Å². The van der Waals surface area contributed by atoms with Crippen molar-refractivity contribution in [2.24, 2.45) is 11.1 Å². The van der Waals surface area contributed by atoms with Crippen LogP contribution in [-0.2, 0) is 4.79 Å². The maximum Gasteiger partial charge on any atom is 0.240 e. The molecule has 0 aliphatic rings. The fourth-order valence-corrected chi connectivity index (χ4v) is 1.87. The highest BCUT2D eigenvalue weighted by Gasteiger charge is 2.31. The highest BCUT2D eigenvalue weighted by atomic mass is 32.2. The molecule has 0 spiro atoms. The summed E-state index contributed by atoms with van der Waals surface area (Å²) in [6, 6.07) is -0.187. The maximum absolute atomic E-state index is 12.0. The van der Waals surface area contributed by atoms with Crippen LogP contribution < -0.4 is 5.73 Å². The van der Waals surface area contributed by atoms with Gasteiger partial charge in [0.05, 0.1) is 6.04 Å². The van der Waals surface area contributed by atoms with Crippen LogP contribution in [0.15, 0.2) is 0 Å². The average Bonchev–Trinajstić information content (AvgIpc) is 2.13. The first-order valence-electron chi connectivity index (χ1n) is 5.23. The SMILES string of the molecule is CSCC(C)N(C)C(=O)[C@H](N)C(C)(C)C. The Hall–Kier alpha value is -0.220. The van der Waals surface area contributed by atoms with E-state index in [-0.39, 0.29) is 17.4 Å². The second-order valence-corrected chi connectivity index (χ2v) is 6.01. The van der Waals surface area contributed by atoms with E-state index in [9.17, 15) is 4.79 Å². The van der Waals surface area contributed by atoms with Gasteiger partial charge < -0.3 is 10.6 Å². The summed E-state index contributed by atoms with van der Waals surface area (Å²) in [6.07, 6.45) is 2.04. The van der Waals surface area contributed by atoms with Crippen molar-refractivity contribution in [2.75, 3.05) is 19.1 Å². The fraction of sp³-hybridized carbons (Fsp3) is 0.909. The topological polar surface area (TPSA) is 46.3 Å². The van der Waals surface area contributed by atoms with Crippen molar-refractivity contribution in [2.45, 2.75) is 39.8 Å². The zero-order valence-corrected chi connectivity index (χ0v) is 11.5. The van der Waals surface area contributed by atoms with E-state index in [1.165, 1.54) is 0 Å². The summed E-state index contributed by atoms with van der Waals surface area (Å²) in [5.41, 5.74) is 5.75. The van der Waals surface area contributed by atoms with Gasteiger partial charge in [0.1, 0.15) is 0 Å². The van der Waals surface area contributed by atoms with E-state index in [0.717, 1.165) is 5.75 Å². The van der Waals surface area contributed by atoms with E-state index < -0.39 is 6.04 Å². The van der Waals surface area contributed by atoms with Crippen LogP contribution in [0.2, 0.25) is 0 Å². The van der Waals surface area contributed by atoms with Crippen LogP contribution in [0.3, 0.4) is 0 Å². The molecule has 0 aromatic rings. The molecule has 0 aromatic carbocycles. The number of amides is 1. The van der Waals surface area contributed by atoms with Gasteiger partial charge in [-0.2, -0.15) is 11.8 Å². The Labute approximate surface area is 97.8 Å². The molecule has 0 rings (SSSR count). The summed E-state index contributed by atoms with van der Waals surface area (Å²) in [5.74, 6) is 0.975. The largest absolute Gasteiger partial charge is 0.341 e. The third-order valence-electron chi connectivity index (χ3n) is 2.62. The van der Waals surface area contributed by atoms with Gasteiger partial charge in [-0.05, 0) is 18.6 Å². The Kier molecular flexibility index (Phi) is 5.67. The summed E-state index contributed by atoms with van der Waals surface area (Å²) in [6.45, 7) is 8.01. The van der Waals surface area contributed by atoms with Crippen LogP contribution in [0, 0.1) is 5.41 Å². The van der Waals surface area contributed by atoms with Gasteiger partial charge in [0, 0.05) is 18.8 Å². The molecule has 0 heterocycles. The Bertz CT molecular complexity index is 213. The number of thioether (sulfide) groups is 1. The van der Waals surface area contributed by atoms with Crippen LogP contribution in [0.4, 0.5) is 0 Å². The first kappa shape index (κ1) is 14.8. The molecule has 1 unspecified atom stereocenters. The lowest BCUT2D eigenvalue weighted by atomic mass is 9.86. The van der Waals surface area contributed by atoms with Crippen molar-refractivity contribution in [3.63, 3.8) is 0 Å². The number of hydrogen-bond donors (Lipinski definition) is 1. The van der Waals surface area contributed by atoms with Crippen molar-refractivity contribution < 1.29 is 4.79 Å². The van der Waals surface area contributed by atoms with E-state index in [0.29, 0.717) is 0 Å². The zero-order valence-electron chi connectivity index (χ0n) is 10.7. The minimum Gasteiger partial charge on any atom is -0.341 e. The van der Waals surface area contributed by atoms with Crippen LogP contribution in [0.1, 0.15) is 27.7 Å². The maximum atomic E-state index is 12.0. The molecule has 0 aliphatic heterocycles. The molecule has 2 N–H and O–H groups in total. The Balaban J connectivity index is 4.44. The molecule has 90 valence electrons. The van der Waals surface area contributed by atoms with E-state index in [4.69, 9.17) is 5.73 Å². The normalized spacial score (nSPS) is 15.9. The lowest BCUT2D eigenvalue weighted by Crippen LogP contribution is -2.51. The van der Waals surface area contributed by atoms with Gasteiger partial charge in [0.25, 0.3) is 0 Å². The molecule has 4 heteroatoms. The number of nitrogens with two attached hydrogens (primary N) is 1. The van der Waals surface area contributed by atoms with Crippen LogP contribution in [-0.4, -0.2) is 41.9 Å². The molecule has 2 atom stereocenters. The average molecular weight is 232 g/mol. The molecule has 1 amide bonds. The molecule has 0 saturated carbocycles. The van der Waals surface area contributed by atoms with E-state index in [2.05, 4.69) is 0 Å². The van der Waals surface area contributed by atoms with Crippen LogP contribution in [0.5, 0.6) is 0 Å². The molecule has 0 bridgehead atoms. The number of likely N-dealkylation sites (N-methyl/N-ethyl adjacent to an activating group) is 1. The first-order valence-corrected chi connectivity index (χ1v) is 6.62. The number of rotatable bonds is 4. The monoisotopic (exact) mass is 232 g/mol. The lowest BCUT2D eigenvalue weighted by Gasteiger charge is -2.32. The molecule has 0 fully saturated rings. The van der Waals surface area contributed by atoms with Gasteiger partial charge in [-0.3, -0.25) is 4.79 Å². The fourth-order valence-electron chi connectivity index (χ4n) is 1.16. The van der Waals surface area contributed by atoms with Crippen molar-refractivity contribution in [3.05, 3.63) is 0 Å². The van der Waals surface area contributed by atoms with Crippen molar-refractivity contribution in [1.82, 2.24) is 4.90 Å².